The Morgan fingerprint density at radius 2 is 2.30 bits per heavy atom. The van der Waals surface area contributed by atoms with E-state index in [4.69, 9.17) is 16.3 Å². The first-order chi connectivity index (χ1) is 9.72. The molecule has 1 aromatic heterocycles. The van der Waals surface area contributed by atoms with Crippen LogP contribution < -0.4 is 10.1 Å². The predicted octanol–water partition coefficient (Wildman–Crippen LogP) is 4.37. The van der Waals surface area contributed by atoms with Crippen molar-refractivity contribution in [3.63, 3.8) is 0 Å². The highest BCUT2D eigenvalue weighted by molar-refractivity contribution is 7.16. The first kappa shape index (κ1) is 13.9. The van der Waals surface area contributed by atoms with E-state index >= 15 is 0 Å². The lowest BCUT2D eigenvalue weighted by atomic mass is 10.2. The summed E-state index contributed by atoms with van der Waals surface area (Å²) in [6, 6.07) is 10.7. The Morgan fingerprint density at radius 1 is 1.40 bits per heavy atom. The predicted molar refractivity (Wildman–Crippen MR) is 85.1 cm³/mol. The summed E-state index contributed by atoms with van der Waals surface area (Å²) in [7, 11) is 0. The molecule has 1 N–H and O–H groups in total. The quantitative estimate of drug-likeness (QED) is 0.828. The van der Waals surface area contributed by atoms with Gasteiger partial charge in [0.25, 0.3) is 0 Å². The SMILES string of the molecule is Cc1cccc(OCCNC2CCc3sc(Cl)cc32)c1. The fraction of sp³-hybridized carbons (Fsp3) is 0.375. The second-order valence-corrected chi connectivity index (χ2v) is 6.91. The minimum atomic E-state index is 0.440. The molecule has 0 saturated carbocycles. The zero-order valence-electron chi connectivity index (χ0n) is 11.5. The number of ether oxygens (including phenoxy) is 1. The van der Waals surface area contributed by atoms with Gasteiger partial charge in [-0.15, -0.1) is 11.3 Å². The van der Waals surface area contributed by atoms with Crippen molar-refractivity contribution in [2.75, 3.05) is 13.2 Å². The molecule has 0 amide bonds. The van der Waals surface area contributed by atoms with E-state index in [2.05, 4.69) is 30.4 Å². The molecule has 3 rings (SSSR count). The van der Waals surface area contributed by atoms with E-state index in [0.717, 1.165) is 23.1 Å². The number of aryl methyl sites for hydroxylation is 2. The van der Waals surface area contributed by atoms with Crippen molar-refractivity contribution in [3.8, 4) is 5.75 Å². The first-order valence-corrected chi connectivity index (χ1v) is 8.13. The molecule has 1 unspecified atom stereocenters. The maximum atomic E-state index is 6.07. The summed E-state index contributed by atoms with van der Waals surface area (Å²) < 4.78 is 6.65. The van der Waals surface area contributed by atoms with Crippen LogP contribution in [0.5, 0.6) is 5.75 Å². The van der Waals surface area contributed by atoms with Crippen molar-refractivity contribution in [2.24, 2.45) is 0 Å². The van der Waals surface area contributed by atoms with Crippen LogP contribution in [0.1, 0.15) is 28.5 Å². The lowest BCUT2D eigenvalue weighted by Crippen LogP contribution is -2.24. The highest BCUT2D eigenvalue weighted by Crippen LogP contribution is 2.39. The molecule has 1 aliphatic rings. The maximum Gasteiger partial charge on any atom is 0.119 e. The number of rotatable bonds is 5. The van der Waals surface area contributed by atoms with Crippen LogP contribution in [0.4, 0.5) is 0 Å². The summed E-state index contributed by atoms with van der Waals surface area (Å²) >= 11 is 7.78. The summed E-state index contributed by atoms with van der Waals surface area (Å²) in [6.07, 6.45) is 2.31. The van der Waals surface area contributed by atoms with Crippen molar-refractivity contribution < 1.29 is 4.74 Å². The minimum absolute atomic E-state index is 0.440. The van der Waals surface area contributed by atoms with Gasteiger partial charge in [0, 0.05) is 17.5 Å². The lowest BCUT2D eigenvalue weighted by molar-refractivity contribution is 0.305. The second kappa shape index (κ2) is 6.17. The summed E-state index contributed by atoms with van der Waals surface area (Å²) in [6.45, 7) is 3.62. The molecule has 4 heteroatoms. The largest absolute Gasteiger partial charge is 0.492 e. The van der Waals surface area contributed by atoms with Crippen LogP contribution >= 0.6 is 22.9 Å². The van der Waals surface area contributed by atoms with Gasteiger partial charge in [-0.3, -0.25) is 0 Å². The summed E-state index contributed by atoms with van der Waals surface area (Å²) in [5.74, 6) is 0.942. The highest BCUT2D eigenvalue weighted by atomic mass is 35.5. The molecule has 1 atom stereocenters. The van der Waals surface area contributed by atoms with Crippen molar-refractivity contribution in [1.82, 2.24) is 5.32 Å². The van der Waals surface area contributed by atoms with Crippen LogP contribution in [0.15, 0.2) is 30.3 Å². The van der Waals surface area contributed by atoms with Crippen LogP contribution in [0, 0.1) is 6.92 Å². The molecule has 20 heavy (non-hydrogen) atoms. The molecule has 0 radical (unpaired) electrons. The third-order valence-corrected chi connectivity index (χ3v) is 4.94. The monoisotopic (exact) mass is 307 g/mol. The third-order valence-electron chi connectivity index (χ3n) is 3.60. The molecule has 1 heterocycles. The van der Waals surface area contributed by atoms with E-state index in [1.165, 1.54) is 22.4 Å². The zero-order valence-corrected chi connectivity index (χ0v) is 13.1. The molecular weight excluding hydrogens is 290 g/mol. The van der Waals surface area contributed by atoms with Gasteiger partial charge in [-0.1, -0.05) is 23.7 Å². The zero-order chi connectivity index (χ0) is 13.9. The Balaban J connectivity index is 1.47. The van der Waals surface area contributed by atoms with Gasteiger partial charge in [0.1, 0.15) is 12.4 Å². The fourth-order valence-electron chi connectivity index (χ4n) is 2.65. The topological polar surface area (TPSA) is 21.3 Å². The summed E-state index contributed by atoms with van der Waals surface area (Å²) in [5, 5.41) is 3.56. The minimum Gasteiger partial charge on any atom is -0.492 e. The molecule has 2 nitrogen and oxygen atoms in total. The van der Waals surface area contributed by atoms with Crippen LogP contribution in [0.3, 0.4) is 0 Å². The van der Waals surface area contributed by atoms with E-state index in [1.807, 2.05) is 12.1 Å². The number of thiophene rings is 1. The van der Waals surface area contributed by atoms with Crippen molar-refractivity contribution >= 4 is 22.9 Å². The van der Waals surface area contributed by atoms with Crippen LogP contribution in [-0.2, 0) is 6.42 Å². The van der Waals surface area contributed by atoms with Crippen molar-refractivity contribution in [2.45, 2.75) is 25.8 Å². The first-order valence-electron chi connectivity index (χ1n) is 6.93. The van der Waals surface area contributed by atoms with Gasteiger partial charge in [-0.2, -0.15) is 0 Å². The second-order valence-electron chi connectivity index (χ2n) is 5.14. The molecular formula is C16H18ClNOS. The normalized spacial score (nSPS) is 17.2. The lowest BCUT2D eigenvalue weighted by Gasteiger charge is -2.13. The molecule has 0 saturated heterocycles. The molecule has 0 fully saturated rings. The fourth-order valence-corrected chi connectivity index (χ4v) is 4.01. The van der Waals surface area contributed by atoms with E-state index in [0.29, 0.717) is 12.6 Å². The van der Waals surface area contributed by atoms with Gasteiger partial charge in [0.05, 0.1) is 4.34 Å². The van der Waals surface area contributed by atoms with Gasteiger partial charge in [0.2, 0.25) is 0 Å². The van der Waals surface area contributed by atoms with E-state index in [9.17, 15) is 0 Å². The van der Waals surface area contributed by atoms with E-state index < -0.39 is 0 Å². The molecule has 0 aliphatic heterocycles. The average molecular weight is 308 g/mol. The number of fused-ring (bicyclic) bond motifs is 1. The van der Waals surface area contributed by atoms with Crippen LogP contribution in [0.25, 0.3) is 0 Å². The van der Waals surface area contributed by atoms with Gasteiger partial charge < -0.3 is 10.1 Å². The number of nitrogens with one attached hydrogen (secondary N) is 1. The summed E-state index contributed by atoms with van der Waals surface area (Å²) in [5.41, 5.74) is 2.61. The van der Waals surface area contributed by atoms with Gasteiger partial charge in [0.15, 0.2) is 0 Å². The Labute approximate surface area is 128 Å². The van der Waals surface area contributed by atoms with Gasteiger partial charge in [-0.25, -0.2) is 0 Å². The third kappa shape index (κ3) is 3.17. The van der Waals surface area contributed by atoms with Crippen molar-refractivity contribution in [3.05, 3.63) is 50.7 Å². The van der Waals surface area contributed by atoms with Crippen LogP contribution in [-0.4, -0.2) is 13.2 Å². The van der Waals surface area contributed by atoms with Gasteiger partial charge in [-0.05, 0) is 49.1 Å². The molecule has 1 aromatic carbocycles. The van der Waals surface area contributed by atoms with Gasteiger partial charge >= 0.3 is 0 Å². The summed E-state index contributed by atoms with van der Waals surface area (Å²) in [4.78, 5) is 1.44. The highest BCUT2D eigenvalue weighted by Gasteiger charge is 2.24. The van der Waals surface area contributed by atoms with E-state index in [1.54, 1.807) is 11.3 Å². The molecule has 106 valence electrons. The standard InChI is InChI=1S/C16H18ClNOS/c1-11-3-2-4-12(9-11)19-8-7-18-14-5-6-15-13(14)10-16(17)20-15/h2-4,9-10,14,18H,5-8H2,1H3. The van der Waals surface area contributed by atoms with Crippen molar-refractivity contribution in [1.29, 1.82) is 0 Å². The Bertz CT molecular complexity index is 596. The number of hydrogen-bond donors (Lipinski definition) is 1. The number of hydrogen-bond acceptors (Lipinski definition) is 3. The smallest absolute Gasteiger partial charge is 0.119 e. The Morgan fingerprint density at radius 3 is 3.15 bits per heavy atom. The maximum absolute atomic E-state index is 6.07. The average Bonchev–Trinajstić information content (AvgIpc) is 2.95. The van der Waals surface area contributed by atoms with E-state index in [-0.39, 0.29) is 0 Å². The molecule has 0 bridgehead atoms. The number of halogens is 1. The van der Waals surface area contributed by atoms with Crippen LogP contribution in [0.2, 0.25) is 4.34 Å². The molecule has 0 spiro atoms. The molecule has 2 aromatic rings. The Hall–Kier alpha value is -1.03. The molecule has 1 aliphatic carbocycles. The number of benzene rings is 1. The Kier molecular flexibility index (Phi) is 4.29.